The van der Waals surface area contributed by atoms with Crippen LogP contribution in [0.15, 0.2) is 53.4 Å². The number of aryl methyl sites for hydroxylation is 2. The molecule has 0 bridgehead atoms. The molecule has 1 aliphatic rings. The molecule has 116 valence electrons. The van der Waals surface area contributed by atoms with Gasteiger partial charge in [-0.1, -0.05) is 35.9 Å². The number of fused-ring (bicyclic) bond motifs is 1. The van der Waals surface area contributed by atoms with Crippen LogP contribution in [0.2, 0.25) is 0 Å². The average Bonchev–Trinajstić information content (AvgIpc) is 2.53. The summed E-state index contributed by atoms with van der Waals surface area (Å²) in [6.45, 7) is 1.94. The van der Waals surface area contributed by atoms with Crippen molar-refractivity contribution in [2.75, 3.05) is 6.61 Å². The van der Waals surface area contributed by atoms with Crippen molar-refractivity contribution in [1.29, 1.82) is 0 Å². The van der Waals surface area contributed by atoms with E-state index in [1.54, 1.807) is 24.3 Å². The summed E-state index contributed by atoms with van der Waals surface area (Å²) in [5, 5.41) is 0. The summed E-state index contributed by atoms with van der Waals surface area (Å²) in [4.78, 5) is 0.175. The Balaban J connectivity index is 1.64. The van der Waals surface area contributed by atoms with Gasteiger partial charge in [-0.05, 0) is 43.5 Å². The Labute approximate surface area is 130 Å². The minimum absolute atomic E-state index is 0.0323. The van der Waals surface area contributed by atoms with Gasteiger partial charge in [-0.25, -0.2) is 0 Å². The van der Waals surface area contributed by atoms with Crippen molar-refractivity contribution in [2.45, 2.75) is 30.8 Å². The summed E-state index contributed by atoms with van der Waals surface area (Å²) >= 11 is 0. The van der Waals surface area contributed by atoms with Crippen molar-refractivity contribution >= 4 is 10.1 Å². The maximum atomic E-state index is 12.2. The molecule has 5 heteroatoms. The molecule has 3 rings (SSSR count). The average molecular weight is 318 g/mol. The SMILES string of the molecule is Cc1ccc(S(=O)(=O)OC[C@@H]2CCc3ccccc3O2)cc1. The lowest BCUT2D eigenvalue weighted by atomic mass is 10.0. The Kier molecular flexibility index (Phi) is 4.18. The normalized spacial score (nSPS) is 17.6. The van der Waals surface area contributed by atoms with Gasteiger partial charge in [0.05, 0.1) is 4.90 Å². The van der Waals surface area contributed by atoms with Crippen LogP contribution < -0.4 is 4.74 Å². The first-order chi connectivity index (χ1) is 10.5. The Morgan fingerprint density at radius 1 is 1.14 bits per heavy atom. The highest BCUT2D eigenvalue weighted by atomic mass is 32.2. The highest BCUT2D eigenvalue weighted by Crippen LogP contribution is 2.27. The van der Waals surface area contributed by atoms with Gasteiger partial charge >= 0.3 is 0 Å². The molecule has 1 atom stereocenters. The zero-order chi connectivity index (χ0) is 15.6. The van der Waals surface area contributed by atoms with E-state index in [9.17, 15) is 8.42 Å². The van der Waals surface area contributed by atoms with Crippen LogP contribution in [-0.4, -0.2) is 21.1 Å². The smallest absolute Gasteiger partial charge is 0.297 e. The molecule has 1 heterocycles. The van der Waals surface area contributed by atoms with Crippen molar-refractivity contribution in [2.24, 2.45) is 0 Å². The van der Waals surface area contributed by atoms with E-state index in [4.69, 9.17) is 8.92 Å². The monoisotopic (exact) mass is 318 g/mol. The van der Waals surface area contributed by atoms with E-state index in [2.05, 4.69) is 0 Å². The zero-order valence-corrected chi connectivity index (χ0v) is 13.2. The molecule has 2 aromatic carbocycles. The number of rotatable bonds is 4. The second-order valence-corrected chi connectivity index (χ2v) is 7.05. The number of hydrogen-bond acceptors (Lipinski definition) is 4. The Bertz CT molecular complexity index is 750. The second kappa shape index (κ2) is 6.10. The van der Waals surface area contributed by atoms with Crippen LogP contribution in [0.5, 0.6) is 5.75 Å². The van der Waals surface area contributed by atoms with Gasteiger partial charge in [-0.2, -0.15) is 8.42 Å². The molecule has 0 aromatic heterocycles. The van der Waals surface area contributed by atoms with Crippen molar-refractivity contribution in [1.82, 2.24) is 0 Å². The molecule has 0 N–H and O–H groups in total. The fraction of sp³-hybridized carbons (Fsp3) is 0.294. The first-order valence-corrected chi connectivity index (χ1v) is 8.66. The van der Waals surface area contributed by atoms with E-state index >= 15 is 0 Å². The van der Waals surface area contributed by atoms with E-state index in [-0.39, 0.29) is 17.6 Å². The molecule has 0 saturated heterocycles. The van der Waals surface area contributed by atoms with Crippen molar-refractivity contribution in [3.63, 3.8) is 0 Å². The lowest BCUT2D eigenvalue weighted by Crippen LogP contribution is -2.29. The fourth-order valence-corrected chi connectivity index (χ4v) is 3.37. The van der Waals surface area contributed by atoms with E-state index in [0.29, 0.717) is 0 Å². The summed E-state index contributed by atoms with van der Waals surface area (Å²) < 4.78 is 35.3. The van der Waals surface area contributed by atoms with Gasteiger partial charge < -0.3 is 4.74 Å². The van der Waals surface area contributed by atoms with Crippen LogP contribution in [0.25, 0.3) is 0 Å². The van der Waals surface area contributed by atoms with Crippen molar-refractivity contribution in [3.8, 4) is 5.75 Å². The van der Waals surface area contributed by atoms with E-state index in [1.165, 1.54) is 0 Å². The van der Waals surface area contributed by atoms with Crippen LogP contribution in [0.1, 0.15) is 17.5 Å². The van der Waals surface area contributed by atoms with Crippen LogP contribution in [0.4, 0.5) is 0 Å². The molecule has 2 aromatic rings. The molecular weight excluding hydrogens is 300 g/mol. The highest BCUT2D eigenvalue weighted by Gasteiger charge is 2.23. The summed E-state index contributed by atoms with van der Waals surface area (Å²) in [6.07, 6.45) is 1.38. The number of benzene rings is 2. The molecule has 0 spiro atoms. The van der Waals surface area contributed by atoms with Gasteiger partial charge in [0.2, 0.25) is 0 Å². The lowest BCUT2D eigenvalue weighted by molar-refractivity contribution is 0.112. The largest absolute Gasteiger partial charge is 0.488 e. The van der Waals surface area contributed by atoms with E-state index in [0.717, 1.165) is 29.7 Å². The van der Waals surface area contributed by atoms with Gasteiger partial charge in [-0.15, -0.1) is 0 Å². The molecule has 0 fully saturated rings. The second-order valence-electron chi connectivity index (χ2n) is 5.44. The van der Waals surface area contributed by atoms with Crippen LogP contribution >= 0.6 is 0 Å². The predicted octanol–water partition coefficient (Wildman–Crippen LogP) is 3.09. The summed E-state index contributed by atoms with van der Waals surface area (Å²) in [7, 11) is -3.73. The maximum absolute atomic E-state index is 12.2. The molecule has 0 radical (unpaired) electrons. The molecular formula is C17H18O4S. The molecule has 1 aliphatic heterocycles. The molecule has 0 aliphatic carbocycles. The van der Waals surface area contributed by atoms with Gasteiger partial charge in [0, 0.05) is 0 Å². The zero-order valence-electron chi connectivity index (χ0n) is 12.4. The molecule has 0 saturated carbocycles. The standard InChI is InChI=1S/C17H18O4S/c1-13-6-10-16(11-7-13)22(18,19)20-12-15-9-8-14-4-2-3-5-17(14)21-15/h2-7,10-11,15H,8-9,12H2,1H3/t15-/m0/s1. The molecule has 0 amide bonds. The quantitative estimate of drug-likeness (QED) is 0.813. The fourth-order valence-electron chi connectivity index (χ4n) is 2.44. The lowest BCUT2D eigenvalue weighted by Gasteiger charge is -2.25. The Morgan fingerprint density at radius 2 is 1.86 bits per heavy atom. The van der Waals surface area contributed by atoms with Gasteiger partial charge in [0.25, 0.3) is 10.1 Å². The highest BCUT2D eigenvalue weighted by molar-refractivity contribution is 7.86. The number of para-hydroxylation sites is 1. The van der Waals surface area contributed by atoms with Crippen LogP contribution in [0, 0.1) is 6.92 Å². The third kappa shape index (κ3) is 3.31. The summed E-state index contributed by atoms with van der Waals surface area (Å²) in [5.74, 6) is 0.815. The minimum atomic E-state index is -3.73. The van der Waals surface area contributed by atoms with Crippen molar-refractivity contribution in [3.05, 3.63) is 59.7 Å². The number of hydrogen-bond donors (Lipinski definition) is 0. The number of ether oxygens (including phenoxy) is 1. The first-order valence-electron chi connectivity index (χ1n) is 7.25. The van der Waals surface area contributed by atoms with Crippen LogP contribution in [0.3, 0.4) is 0 Å². The topological polar surface area (TPSA) is 52.6 Å². The maximum Gasteiger partial charge on any atom is 0.297 e. The predicted molar refractivity (Wildman–Crippen MR) is 83.5 cm³/mol. The first kappa shape index (κ1) is 15.1. The molecule has 4 nitrogen and oxygen atoms in total. The Morgan fingerprint density at radius 3 is 2.64 bits per heavy atom. The van der Waals surface area contributed by atoms with Gasteiger partial charge in [0.1, 0.15) is 18.5 Å². The summed E-state index contributed by atoms with van der Waals surface area (Å²) in [5.41, 5.74) is 2.16. The van der Waals surface area contributed by atoms with Gasteiger partial charge in [-0.3, -0.25) is 4.18 Å². The van der Waals surface area contributed by atoms with E-state index < -0.39 is 10.1 Å². The Hall–Kier alpha value is -1.85. The molecule has 22 heavy (non-hydrogen) atoms. The molecule has 0 unspecified atom stereocenters. The summed E-state index contributed by atoms with van der Waals surface area (Å²) in [6, 6.07) is 14.4. The minimum Gasteiger partial charge on any atom is -0.488 e. The van der Waals surface area contributed by atoms with Crippen LogP contribution in [-0.2, 0) is 20.7 Å². The third-order valence-corrected chi connectivity index (χ3v) is 5.02. The van der Waals surface area contributed by atoms with Gasteiger partial charge in [0.15, 0.2) is 0 Å². The van der Waals surface area contributed by atoms with E-state index in [1.807, 2.05) is 31.2 Å². The third-order valence-electron chi connectivity index (χ3n) is 3.72. The van der Waals surface area contributed by atoms with Crippen molar-refractivity contribution < 1.29 is 17.3 Å².